The highest BCUT2D eigenvalue weighted by molar-refractivity contribution is 5.68. The Morgan fingerprint density at radius 1 is 1.07 bits per heavy atom. The van der Waals surface area contributed by atoms with Gasteiger partial charge in [0, 0.05) is 44.5 Å². The molecule has 2 aromatic heterocycles. The normalized spacial score (nSPS) is 24.3. The summed E-state index contributed by atoms with van der Waals surface area (Å²) in [5, 5.41) is 3.51. The SMILES string of the molecule is CN(C)c1ccc(-c2cnc(N[C@H]3CC[C@H](C)CC3)nc2OC2CCOC2)cn1. The van der Waals surface area contributed by atoms with Crippen LogP contribution in [-0.2, 0) is 4.74 Å². The minimum Gasteiger partial charge on any atom is -0.471 e. The molecule has 29 heavy (non-hydrogen) atoms. The molecular weight excluding hydrogens is 366 g/mol. The van der Waals surface area contributed by atoms with E-state index in [4.69, 9.17) is 14.5 Å². The maximum Gasteiger partial charge on any atom is 0.226 e. The molecule has 1 aliphatic heterocycles. The second kappa shape index (κ2) is 8.95. The van der Waals surface area contributed by atoms with Crippen LogP contribution in [0.25, 0.3) is 11.1 Å². The fraction of sp³-hybridized carbons (Fsp3) is 0.591. The van der Waals surface area contributed by atoms with Gasteiger partial charge >= 0.3 is 0 Å². The third-order valence-corrected chi connectivity index (χ3v) is 5.79. The number of pyridine rings is 1. The average Bonchev–Trinajstić information content (AvgIpc) is 3.23. The van der Waals surface area contributed by atoms with Gasteiger partial charge in [-0.05, 0) is 43.7 Å². The lowest BCUT2D eigenvalue weighted by molar-refractivity contribution is 0.138. The molecule has 1 N–H and O–H groups in total. The van der Waals surface area contributed by atoms with Crippen molar-refractivity contribution in [3.8, 4) is 17.0 Å². The molecule has 2 aromatic rings. The topological polar surface area (TPSA) is 72.4 Å². The van der Waals surface area contributed by atoms with Crippen molar-refractivity contribution >= 4 is 11.8 Å². The molecule has 1 atom stereocenters. The molecule has 7 nitrogen and oxygen atoms in total. The van der Waals surface area contributed by atoms with Gasteiger partial charge in [0.15, 0.2) is 0 Å². The zero-order valence-electron chi connectivity index (χ0n) is 17.6. The molecule has 2 fully saturated rings. The molecule has 1 saturated carbocycles. The monoisotopic (exact) mass is 397 g/mol. The maximum atomic E-state index is 6.23. The van der Waals surface area contributed by atoms with Gasteiger partial charge in [0.05, 0.1) is 18.8 Å². The first-order valence-corrected chi connectivity index (χ1v) is 10.6. The lowest BCUT2D eigenvalue weighted by Crippen LogP contribution is -2.26. The zero-order chi connectivity index (χ0) is 20.2. The molecule has 0 spiro atoms. The van der Waals surface area contributed by atoms with Crippen LogP contribution in [0.4, 0.5) is 11.8 Å². The number of rotatable bonds is 6. The summed E-state index contributed by atoms with van der Waals surface area (Å²) >= 11 is 0. The van der Waals surface area contributed by atoms with Crippen molar-refractivity contribution in [2.45, 2.75) is 51.2 Å². The predicted molar refractivity (Wildman–Crippen MR) is 114 cm³/mol. The molecule has 3 heterocycles. The molecule has 1 aliphatic carbocycles. The van der Waals surface area contributed by atoms with E-state index in [9.17, 15) is 0 Å². The van der Waals surface area contributed by atoms with Crippen LogP contribution in [-0.4, -0.2) is 54.4 Å². The van der Waals surface area contributed by atoms with Crippen LogP contribution >= 0.6 is 0 Å². The number of hydrogen-bond acceptors (Lipinski definition) is 7. The molecule has 4 rings (SSSR count). The van der Waals surface area contributed by atoms with Crippen LogP contribution in [0.5, 0.6) is 5.88 Å². The maximum absolute atomic E-state index is 6.23. The standard InChI is InChI=1S/C22H31N5O2/c1-15-4-7-17(8-5-15)25-22-24-13-19(16-6-9-20(23-12-16)27(2)3)21(26-22)29-18-10-11-28-14-18/h6,9,12-13,15,17-18H,4-5,7-8,10-11,14H2,1-3H3,(H,24,25,26)/t15-,17-,18?. The van der Waals surface area contributed by atoms with Crippen LogP contribution in [0.2, 0.25) is 0 Å². The quantitative estimate of drug-likeness (QED) is 0.795. The van der Waals surface area contributed by atoms with Gasteiger partial charge < -0.3 is 19.7 Å². The Morgan fingerprint density at radius 2 is 1.90 bits per heavy atom. The van der Waals surface area contributed by atoms with Gasteiger partial charge in [-0.3, -0.25) is 0 Å². The smallest absolute Gasteiger partial charge is 0.226 e. The van der Waals surface area contributed by atoms with Gasteiger partial charge in [0.2, 0.25) is 11.8 Å². The molecule has 7 heteroatoms. The minimum atomic E-state index is 0.0287. The average molecular weight is 398 g/mol. The molecule has 0 radical (unpaired) electrons. The van der Waals surface area contributed by atoms with Crippen molar-refractivity contribution in [1.82, 2.24) is 15.0 Å². The summed E-state index contributed by atoms with van der Waals surface area (Å²) in [5.41, 5.74) is 1.81. The fourth-order valence-corrected chi connectivity index (χ4v) is 3.88. The largest absolute Gasteiger partial charge is 0.471 e. The summed E-state index contributed by atoms with van der Waals surface area (Å²) in [6.07, 6.45) is 9.43. The minimum absolute atomic E-state index is 0.0287. The Hall–Kier alpha value is -2.41. The highest BCUT2D eigenvalue weighted by Crippen LogP contribution is 2.32. The number of anilines is 2. The number of ether oxygens (including phenoxy) is 2. The lowest BCUT2D eigenvalue weighted by Gasteiger charge is -2.27. The van der Waals surface area contributed by atoms with Gasteiger partial charge in [0.25, 0.3) is 0 Å². The van der Waals surface area contributed by atoms with Crippen LogP contribution in [0.15, 0.2) is 24.5 Å². The van der Waals surface area contributed by atoms with Gasteiger partial charge in [-0.1, -0.05) is 6.92 Å². The third kappa shape index (κ3) is 4.96. The Morgan fingerprint density at radius 3 is 2.55 bits per heavy atom. The van der Waals surface area contributed by atoms with Gasteiger partial charge in [0.1, 0.15) is 11.9 Å². The lowest BCUT2D eigenvalue weighted by atomic mass is 9.87. The zero-order valence-corrected chi connectivity index (χ0v) is 17.6. The first-order chi connectivity index (χ1) is 14.1. The van der Waals surface area contributed by atoms with Crippen molar-refractivity contribution in [2.24, 2.45) is 5.92 Å². The van der Waals surface area contributed by atoms with E-state index in [0.717, 1.165) is 48.7 Å². The van der Waals surface area contributed by atoms with E-state index >= 15 is 0 Å². The second-order valence-corrected chi connectivity index (χ2v) is 8.42. The Labute approximate surface area is 172 Å². The molecule has 0 bridgehead atoms. The van der Waals surface area contributed by atoms with Gasteiger partial charge in [-0.2, -0.15) is 4.98 Å². The summed E-state index contributed by atoms with van der Waals surface area (Å²) in [7, 11) is 3.96. The van der Waals surface area contributed by atoms with E-state index in [2.05, 4.69) is 22.2 Å². The summed E-state index contributed by atoms with van der Waals surface area (Å²) in [5.74, 6) is 2.96. The van der Waals surface area contributed by atoms with E-state index in [-0.39, 0.29) is 6.10 Å². The van der Waals surface area contributed by atoms with E-state index in [0.29, 0.717) is 24.5 Å². The first kappa shape index (κ1) is 19.9. The van der Waals surface area contributed by atoms with E-state index in [1.54, 1.807) is 0 Å². The van der Waals surface area contributed by atoms with Crippen LogP contribution < -0.4 is 15.0 Å². The summed E-state index contributed by atoms with van der Waals surface area (Å²) < 4.78 is 11.7. The molecule has 0 aromatic carbocycles. The van der Waals surface area contributed by atoms with Crippen LogP contribution in [0, 0.1) is 5.92 Å². The fourth-order valence-electron chi connectivity index (χ4n) is 3.88. The highest BCUT2D eigenvalue weighted by atomic mass is 16.5. The van der Waals surface area contributed by atoms with Crippen molar-refractivity contribution in [2.75, 3.05) is 37.5 Å². The Balaban J connectivity index is 1.57. The van der Waals surface area contributed by atoms with Crippen LogP contribution in [0.3, 0.4) is 0 Å². The molecular formula is C22H31N5O2. The van der Waals surface area contributed by atoms with Crippen LogP contribution in [0.1, 0.15) is 39.0 Å². The summed E-state index contributed by atoms with van der Waals surface area (Å²) in [4.78, 5) is 15.8. The summed E-state index contributed by atoms with van der Waals surface area (Å²) in [6, 6.07) is 4.46. The number of hydrogen-bond donors (Lipinski definition) is 1. The molecule has 1 unspecified atom stereocenters. The Bertz CT molecular complexity index is 797. The van der Waals surface area contributed by atoms with E-state index in [1.807, 2.05) is 43.5 Å². The van der Waals surface area contributed by atoms with Crippen molar-refractivity contribution in [3.05, 3.63) is 24.5 Å². The van der Waals surface area contributed by atoms with E-state index in [1.165, 1.54) is 12.8 Å². The second-order valence-electron chi connectivity index (χ2n) is 8.42. The number of aromatic nitrogens is 3. The van der Waals surface area contributed by atoms with Crippen molar-refractivity contribution in [1.29, 1.82) is 0 Å². The van der Waals surface area contributed by atoms with Gasteiger partial charge in [-0.15, -0.1) is 0 Å². The molecule has 2 aliphatic rings. The first-order valence-electron chi connectivity index (χ1n) is 10.6. The van der Waals surface area contributed by atoms with E-state index < -0.39 is 0 Å². The van der Waals surface area contributed by atoms with Crippen molar-refractivity contribution < 1.29 is 9.47 Å². The molecule has 1 saturated heterocycles. The highest BCUT2D eigenvalue weighted by Gasteiger charge is 2.23. The molecule has 156 valence electrons. The predicted octanol–water partition coefficient (Wildman–Crippen LogP) is 3.76. The third-order valence-electron chi connectivity index (χ3n) is 5.79. The number of nitrogens with zero attached hydrogens (tertiary/aromatic N) is 4. The van der Waals surface area contributed by atoms with Crippen molar-refractivity contribution in [3.63, 3.8) is 0 Å². The Kier molecular flexibility index (Phi) is 6.13. The summed E-state index contributed by atoms with van der Waals surface area (Å²) in [6.45, 7) is 3.66. The molecule has 0 amide bonds. The number of nitrogens with one attached hydrogen (secondary N) is 1. The van der Waals surface area contributed by atoms with Gasteiger partial charge in [-0.25, -0.2) is 9.97 Å².